The molecule has 0 saturated heterocycles. The van der Waals surface area contributed by atoms with Gasteiger partial charge in [0.15, 0.2) is 0 Å². The van der Waals surface area contributed by atoms with Gasteiger partial charge in [0.05, 0.1) is 18.3 Å². The van der Waals surface area contributed by atoms with Crippen molar-refractivity contribution in [1.29, 1.82) is 0 Å². The molecule has 3 nitrogen and oxygen atoms in total. The predicted molar refractivity (Wildman–Crippen MR) is 94.3 cm³/mol. The molecule has 0 bridgehead atoms. The molecule has 0 aliphatic heterocycles. The van der Waals surface area contributed by atoms with Gasteiger partial charge in [-0.05, 0) is 92.8 Å². The average molecular weight is 337 g/mol. The van der Waals surface area contributed by atoms with E-state index >= 15 is 0 Å². The van der Waals surface area contributed by atoms with Crippen LogP contribution in [0.2, 0.25) is 0 Å². The zero-order chi connectivity index (χ0) is 17.3. The first-order valence-electron chi connectivity index (χ1n) is 10.3. The van der Waals surface area contributed by atoms with E-state index in [2.05, 4.69) is 13.8 Å². The number of aliphatic hydroxyl groups excluding tert-OH is 3. The lowest BCUT2D eigenvalue weighted by Gasteiger charge is -2.61. The molecule has 138 valence electrons. The summed E-state index contributed by atoms with van der Waals surface area (Å²) in [6.45, 7) is 6.72. The molecule has 3 N–H and O–H groups in total. The first kappa shape index (κ1) is 17.3. The van der Waals surface area contributed by atoms with Gasteiger partial charge in [0, 0.05) is 5.92 Å². The summed E-state index contributed by atoms with van der Waals surface area (Å²) < 4.78 is 0. The van der Waals surface area contributed by atoms with Crippen molar-refractivity contribution in [2.75, 3.05) is 0 Å². The van der Waals surface area contributed by atoms with E-state index in [-0.39, 0.29) is 23.5 Å². The fraction of sp³-hybridized carbons (Fsp3) is 1.00. The van der Waals surface area contributed by atoms with Gasteiger partial charge in [0.1, 0.15) is 0 Å². The molecule has 0 aromatic rings. The Labute approximate surface area is 146 Å². The minimum absolute atomic E-state index is 0.0437. The van der Waals surface area contributed by atoms with Crippen molar-refractivity contribution in [3.8, 4) is 0 Å². The first-order valence-corrected chi connectivity index (χ1v) is 10.3. The van der Waals surface area contributed by atoms with Crippen molar-refractivity contribution >= 4 is 0 Å². The van der Waals surface area contributed by atoms with Crippen LogP contribution in [-0.2, 0) is 0 Å². The van der Waals surface area contributed by atoms with Crippen LogP contribution in [0.5, 0.6) is 0 Å². The monoisotopic (exact) mass is 336 g/mol. The molecule has 0 aromatic heterocycles. The Hall–Kier alpha value is -0.120. The fourth-order valence-corrected chi connectivity index (χ4v) is 8.16. The van der Waals surface area contributed by atoms with Crippen molar-refractivity contribution in [3.63, 3.8) is 0 Å². The number of aliphatic hydroxyl groups is 3. The van der Waals surface area contributed by atoms with E-state index < -0.39 is 6.10 Å². The van der Waals surface area contributed by atoms with Gasteiger partial charge in [-0.1, -0.05) is 13.8 Å². The Morgan fingerprint density at radius 3 is 2.29 bits per heavy atom. The van der Waals surface area contributed by atoms with Crippen LogP contribution < -0.4 is 0 Å². The van der Waals surface area contributed by atoms with Gasteiger partial charge in [-0.25, -0.2) is 0 Å². The largest absolute Gasteiger partial charge is 0.393 e. The second-order valence-corrected chi connectivity index (χ2v) is 10.2. The summed E-state index contributed by atoms with van der Waals surface area (Å²) in [5.74, 6) is 2.75. The smallest absolute Gasteiger partial charge is 0.0601 e. The Morgan fingerprint density at radius 1 is 0.875 bits per heavy atom. The quantitative estimate of drug-likeness (QED) is 0.688. The maximum Gasteiger partial charge on any atom is 0.0601 e. The van der Waals surface area contributed by atoms with Gasteiger partial charge < -0.3 is 15.3 Å². The highest BCUT2D eigenvalue weighted by atomic mass is 16.3. The summed E-state index contributed by atoms with van der Waals surface area (Å²) in [7, 11) is 0. The number of hydrogen-bond acceptors (Lipinski definition) is 3. The molecule has 0 heterocycles. The minimum Gasteiger partial charge on any atom is -0.393 e. The van der Waals surface area contributed by atoms with Crippen LogP contribution in [0.3, 0.4) is 0 Å². The molecule has 0 radical (unpaired) electrons. The topological polar surface area (TPSA) is 60.7 Å². The van der Waals surface area contributed by atoms with Crippen LogP contribution in [0.1, 0.15) is 72.1 Å². The van der Waals surface area contributed by atoms with Gasteiger partial charge in [-0.15, -0.1) is 0 Å². The van der Waals surface area contributed by atoms with Gasteiger partial charge in [-0.2, -0.15) is 0 Å². The van der Waals surface area contributed by atoms with Gasteiger partial charge in [0.2, 0.25) is 0 Å². The summed E-state index contributed by atoms with van der Waals surface area (Å²) in [4.78, 5) is 0. The van der Waals surface area contributed by atoms with E-state index in [1.807, 2.05) is 6.92 Å². The summed E-state index contributed by atoms with van der Waals surface area (Å²) in [5, 5.41) is 31.1. The molecular weight excluding hydrogens is 300 g/mol. The molecular formula is C21H36O3. The Kier molecular flexibility index (Phi) is 4.10. The van der Waals surface area contributed by atoms with Crippen LogP contribution in [0.15, 0.2) is 0 Å². The highest BCUT2D eigenvalue weighted by molar-refractivity contribution is 5.11. The molecule has 0 aromatic carbocycles. The van der Waals surface area contributed by atoms with Gasteiger partial charge in [-0.3, -0.25) is 0 Å². The zero-order valence-electron chi connectivity index (χ0n) is 15.6. The summed E-state index contributed by atoms with van der Waals surface area (Å²) in [6.07, 6.45) is 8.10. The van der Waals surface area contributed by atoms with E-state index in [0.29, 0.717) is 23.2 Å². The van der Waals surface area contributed by atoms with Crippen LogP contribution in [0, 0.1) is 40.4 Å². The lowest BCUT2D eigenvalue weighted by atomic mass is 9.44. The van der Waals surface area contributed by atoms with Crippen molar-refractivity contribution in [3.05, 3.63) is 0 Å². The van der Waals surface area contributed by atoms with E-state index in [1.54, 1.807) is 0 Å². The molecule has 4 rings (SSSR count). The second kappa shape index (κ2) is 5.69. The fourth-order valence-electron chi connectivity index (χ4n) is 8.16. The summed E-state index contributed by atoms with van der Waals surface area (Å²) in [6, 6.07) is 0. The van der Waals surface area contributed by atoms with Crippen molar-refractivity contribution in [2.45, 2.75) is 90.4 Å². The highest BCUT2D eigenvalue weighted by Crippen LogP contribution is 2.67. The van der Waals surface area contributed by atoms with E-state index in [9.17, 15) is 15.3 Å². The minimum atomic E-state index is -0.414. The number of hydrogen-bond donors (Lipinski definition) is 3. The molecule has 4 fully saturated rings. The highest BCUT2D eigenvalue weighted by Gasteiger charge is 2.62. The Morgan fingerprint density at radius 2 is 1.58 bits per heavy atom. The third kappa shape index (κ3) is 2.27. The number of fused-ring (bicyclic) bond motifs is 5. The lowest BCUT2D eigenvalue weighted by molar-refractivity contribution is -0.133. The standard InChI is InChI=1S/C21H36O3/c1-12(22)19-18(24)11-17-15-5-4-13-10-14(23)6-8-20(13,2)16(15)7-9-21(17,19)3/h12-19,22-24H,4-11H2,1-3H3/t12-,13+,14+,15-,16+,17+,18+,19-,20-,21-/m0/s1. The molecule has 0 amide bonds. The normalized spacial score (nSPS) is 58.5. The Bertz CT molecular complexity index is 491. The lowest BCUT2D eigenvalue weighted by Crippen LogP contribution is -2.54. The molecule has 0 spiro atoms. The SMILES string of the molecule is C[C@H](O)[C@H]1[C@H](O)C[C@@H]2[C@H]3CC[C@@H]4C[C@H](O)CC[C@]4(C)[C@@H]3CC[C@]12C. The molecule has 4 aliphatic carbocycles. The molecule has 0 unspecified atom stereocenters. The summed E-state index contributed by atoms with van der Waals surface area (Å²) >= 11 is 0. The maximum atomic E-state index is 10.7. The summed E-state index contributed by atoms with van der Waals surface area (Å²) in [5.41, 5.74) is 0.490. The van der Waals surface area contributed by atoms with Crippen molar-refractivity contribution in [1.82, 2.24) is 0 Å². The third-order valence-corrected chi connectivity index (χ3v) is 9.27. The molecule has 4 saturated carbocycles. The van der Waals surface area contributed by atoms with Crippen molar-refractivity contribution < 1.29 is 15.3 Å². The average Bonchev–Trinajstić information content (AvgIpc) is 2.78. The Balaban J connectivity index is 1.63. The third-order valence-electron chi connectivity index (χ3n) is 9.27. The zero-order valence-corrected chi connectivity index (χ0v) is 15.6. The van der Waals surface area contributed by atoms with Gasteiger partial charge >= 0.3 is 0 Å². The molecule has 4 aliphatic rings. The van der Waals surface area contributed by atoms with Gasteiger partial charge in [0.25, 0.3) is 0 Å². The van der Waals surface area contributed by atoms with E-state index in [1.165, 1.54) is 25.7 Å². The molecule has 3 heteroatoms. The molecule has 10 atom stereocenters. The van der Waals surface area contributed by atoms with E-state index in [0.717, 1.165) is 31.6 Å². The van der Waals surface area contributed by atoms with Crippen LogP contribution in [-0.4, -0.2) is 33.6 Å². The first-order chi connectivity index (χ1) is 11.3. The van der Waals surface area contributed by atoms with Crippen molar-refractivity contribution in [2.24, 2.45) is 40.4 Å². The second-order valence-electron chi connectivity index (χ2n) is 10.2. The van der Waals surface area contributed by atoms with E-state index in [4.69, 9.17) is 0 Å². The maximum absolute atomic E-state index is 10.7. The number of rotatable bonds is 1. The van der Waals surface area contributed by atoms with Crippen LogP contribution >= 0.6 is 0 Å². The predicted octanol–water partition coefficient (Wildman–Crippen LogP) is 3.36. The van der Waals surface area contributed by atoms with Crippen LogP contribution in [0.25, 0.3) is 0 Å². The van der Waals surface area contributed by atoms with Crippen LogP contribution in [0.4, 0.5) is 0 Å². The molecule has 24 heavy (non-hydrogen) atoms.